The van der Waals surface area contributed by atoms with Gasteiger partial charge in [-0.1, -0.05) is 13.8 Å². The van der Waals surface area contributed by atoms with E-state index in [0.29, 0.717) is 35.4 Å². The van der Waals surface area contributed by atoms with Crippen molar-refractivity contribution in [2.75, 3.05) is 12.9 Å². The number of aromatic nitrogens is 1. The molecule has 0 saturated carbocycles. The zero-order chi connectivity index (χ0) is 23.3. The molecule has 2 heterocycles. The largest absolute Gasteiger partial charge is 0.493 e. The van der Waals surface area contributed by atoms with Crippen LogP contribution in [0.3, 0.4) is 0 Å². The van der Waals surface area contributed by atoms with Crippen molar-refractivity contribution in [3.05, 3.63) is 59.0 Å². The van der Waals surface area contributed by atoms with Gasteiger partial charge in [-0.25, -0.2) is 4.39 Å². The molecule has 1 aromatic heterocycles. The first-order valence-corrected chi connectivity index (χ1v) is 11.5. The summed E-state index contributed by atoms with van der Waals surface area (Å²) >= 11 is 1.54. The van der Waals surface area contributed by atoms with E-state index in [0.717, 1.165) is 10.3 Å². The van der Waals surface area contributed by atoms with Crippen molar-refractivity contribution in [3.8, 4) is 5.75 Å². The third-order valence-corrected chi connectivity index (χ3v) is 6.83. The molecule has 0 amide bonds. The minimum atomic E-state index is -4.89. The van der Waals surface area contributed by atoms with E-state index in [1.54, 1.807) is 31.7 Å². The number of hydrogen-bond acceptors (Lipinski definition) is 3. The molecule has 0 spiro atoms. The fourth-order valence-corrected chi connectivity index (χ4v) is 5.02. The zero-order valence-electron chi connectivity index (χ0n) is 18.1. The van der Waals surface area contributed by atoms with Crippen LogP contribution < -0.4 is 4.74 Å². The predicted octanol–water partition coefficient (Wildman–Crippen LogP) is 6.17. The Kier molecular flexibility index (Phi) is 5.74. The lowest BCUT2D eigenvalue weighted by Crippen LogP contribution is -2.51. The van der Waals surface area contributed by atoms with Crippen LogP contribution >= 0.6 is 11.8 Å². The molecule has 1 aliphatic heterocycles. The standard InChI is InChI=1S/C24H25F4NO2S/c1-22(2,19-11-16(25)8-14-6-7-31-21(14)19)13-23(30,24(26,27)28)12-17-9-15-10-18(32-3)4-5-20(15)29-17/h4-5,8-11,29-30H,6-7,12-13H2,1-3H3. The molecule has 1 unspecified atom stereocenters. The van der Waals surface area contributed by atoms with Crippen LogP contribution in [0.1, 0.15) is 37.1 Å². The molecule has 0 radical (unpaired) electrons. The van der Waals surface area contributed by atoms with Crippen LogP contribution in [0.15, 0.2) is 41.3 Å². The molecule has 1 atom stereocenters. The molecule has 1 aliphatic rings. The van der Waals surface area contributed by atoms with Gasteiger partial charge >= 0.3 is 6.18 Å². The number of ether oxygens (including phenoxy) is 1. The molecule has 4 rings (SSSR count). The maximum Gasteiger partial charge on any atom is 0.417 e. The van der Waals surface area contributed by atoms with Crippen molar-refractivity contribution in [2.45, 2.75) is 55.2 Å². The molecular weight excluding hydrogens is 442 g/mol. The summed E-state index contributed by atoms with van der Waals surface area (Å²) in [6.45, 7) is 3.52. The summed E-state index contributed by atoms with van der Waals surface area (Å²) in [7, 11) is 0. The molecule has 3 nitrogen and oxygen atoms in total. The topological polar surface area (TPSA) is 45.2 Å². The summed E-state index contributed by atoms with van der Waals surface area (Å²) in [5.74, 6) is -0.0933. The number of rotatable bonds is 6. The lowest BCUT2D eigenvalue weighted by Gasteiger charge is -2.38. The number of nitrogens with one attached hydrogen (secondary N) is 1. The molecule has 0 fully saturated rings. The van der Waals surface area contributed by atoms with Gasteiger partial charge < -0.3 is 14.8 Å². The quantitative estimate of drug-likeness (QED) is 0.337. The molecule has 172 valence electrons. The number of H-pyrrole nitrogens is 1. The molecule has 0 bridgehead atoms. The zero-order valence-corrected chi connectivity index (χ0v) is 18.9. The third-order valence-electron chi connectivity index (χ3n) is 6.11. The van der Waals surface area contributed by atoms with Crippen molar-refractivity contribution >= 4 is 22.7 Å². The van der Waals surface area contributed by atoms with Crippen molar-refractivity contribution in [1.29, 1.82) is 0 Å². The van der Waals surface area contributed by atoms with Crippen molar-refractivity contribution in [2.24, 2.45) is 0 Å². The number of fused-ring (bicyclic) bond motifs is 2. The Hall–Kier alpha value is -2.19. The van der Waals surface area contributed by atoms with Gasteiger partial charge in [-0.3, -0.25) is 0 Å². The van der Waals surface area contributed by atoms with E-state index in [-0.39, 0.29) is 5.69 Å². The maximum atomic E-state index is 14.2. The Morgan fingerprint density at radius 1 is 1.12 bits per heavy atom. The van der Waals surface area contributed by atoms with Gasteiger partial charge in [0.05, 0.1) is 6.61 Å². The number of hydrogen-bond donors (Lipinski definition) is 2. The van der Waals surface area contributed by atoms with E-state index in [9.17, 15) is 22.7 Å². The monoisotopic (exact) mass is 467 g/mol. The lowest BCUT2D eigenvalue weighted by atomic mass is 9.72. The minimum Gasteiger partial charge on any atom is -0.493 e. The summed E-state index contributed by atoms with van der Waals surface area (Å²) in [6.07, 6.45) is -3.74. The highest BCUT2D eigenvalue weighted by Gasteiger charge is 2.56. The lowest BCUT2D eigenvalue weighted by molar-refractivity contribution is -0.266. The molecular formula is C24H25F4NO2S. The number of thioether (sulfide) groups is 1. The van der Waals surface area contributed by atoms with Gasteiger partial charge in [-0.2, -0.15) is 13.2 Å². The predicted molar refractivity (Wildman–Crippen MR) is 118 cm³/mol. The third kappa shape index (κ3) is 4.22. The fourth-order valence-electron chi connectivity index (χ4n) is 4.57. The second kappa shape index (κ2) is 7.99. The Balaban J connectivity index is 1.70. The highest BCUT2D eigenvalue weighted by molar-refractivity contribution is 7.98. The number of alkyl halides is 3. The normalized spacial score (nSPS) is 16.1. The summed E-state index contributed by atoms with van der Waals surface area (Å²) in [5.41, 5.74) is -2.23. The van der Waals surface area contributed by atoms with E-state index in [1.165, 1.54) is 12.1 Å². The van der Waals surface area contributed by atoms with Gasteiger partial charge in [0.15, 0.2) is 5.60 Å². The summed E-state index contributed by atoms with van der Waals surface area (Å²) < 4.78 is 62.4. The molecule has 3 aromatic rings. The van der Waals surface area contributed by atoms with Crippen LogP contribution in [-0.4, -0.2) is 34.7 Å². The van der Waals surface area contributed by atoms with E-state index >= 15 is 0 Å². The Labute approximate surface area is 188 Å². The number of halogens is 4. The first kappa shape index (κ1) is 23.0. The molecule has 2 aromatic carbocycles. The summed E-state index contributed by atoms with van der Waals surface area (Å²) in [5, 5.41) is 11.7. The van der Waals surface area contributed by atoms with Gasteiger partial charge in [0, 0.05) is 45.5 Å². The SMILES string of the molecule is CSc1ccc2[nH]c(CC(O)(CC(C)(C)c3cc(F)cc4c3OCC4)C(F)(F)F)cc2c1. The van der Waals surface area contributed by atoms with Gasteiger partial charge in [0.1, 0.15) is 11.6 Å². The van der Waals surface area contributed by atoms with Crippen molar-refractivity contribution in [1.82, 2.24) is 4.98 Å². The van der Waals surface area contributed by atoms with Gasteiger partial charge in [-0.05, 0) is 54.5 Å². The Bertz CT molecular complexity index is 1150. The maximum absolute atomic E-state index is 14.2. The van der Waals surface area contributed by atoms with Crippen LogP contribution in [0.5, 0.6) is 5.75 Å². The molecule has 8 heteroatoms. The van der Waals surface area contributed by atoms with E-state index in [2.05, 4.69) is 4.98 Å². The molecule has 0 saturated heterocycles. The Morgan fingerprint density at radius 3 is 2.56 bits per heavy atom. The van der Waals surface area contributed by atoms with E-state index < -0.39 is 35.9 Å². The second-order valence-electron chi connectivity index (χ2n) is 9.05. The van der Waals surface area contributed by atoms with E-state index in [4.69, 9.17) is 4.74 Å². The number of aliphatic hydroxyl groups is 1. The summed E-state index contributed by atoms with van der Waals surface area (Å²) in [4.78, 5) is 3.99. The van der Waals surface area contributed by atoms with Crippen LogP contribution in [0.4, 0.5) is 17.6 Å². The molecule has 0 aliphatic carbocycles. The number of aromatic amines is 1. The van der Waals surface area contributed by atoms with E-state index in [1.807, 2.05) is 24.5 Å². The van der Waals surface area contributed by atoms with Gasteiger partial charge in [0.25, 0.3) is 0 Å². The average molecular weight is 468 g/mol. The number of benzene rings is 2. The van der Waals surface area contributed by atoms with Crippen LogP contribution in [0.25, 0.3) is 10.9 Å². The van der Waals surface area contributed by atoms with Crippen LogP contribution in [0, 0.1) is 5.82 Å². The first-order valence-electron chi connectivity index (χ1n) is 10.3. The van der Waals surface area contributed by atoms with Crippen molar-refractivity contribution in [3.63, 3.8) is 0 Å². The van der Waals surface area contributed by atoms with Gasteiger partial charge in [-0.15, -0.1) is 11.8 Å². The minimum absolute atomic E-state index is 0.287. The average Bonchev–Trinajstić information content (AvgIpc) is 3.30. The highest BCUT2D eigenvalue weighted by atomic mass is 32.2. The highest BCUT2D eigenvalue weighted by Crippen LogP contribution is 2.47. The van der Waals surface area contributed by atoms with Gasteiger partial charge in [0.2, 0.25) is 0 Å². The second-order valence-corrected chi connectivity index (χ2v) is 9.93. The van der Waals surface area contributed by atoms with Crippen LogP contribution in [-0.2, 0) is 18.3 Å². The first-order chi connectivity index (χ1) is 14.9. The Morgan fingerprint density at radius 2 is 1.88 bits per heavy atom. The van der Waals surface area contributed by atoms with Crippen LogP contribution in [0.2, 0.25) is 0 Å². The molecule has 32 heavy (non-hydrogen) atoms. The smallest absolute Gasteiger partial charge is 0.417 e. The van der Waals surface area contributed by atoms with Crippen molar-refractivity contribution < 1.29 is 27.4 Å². The molecule has 2 N–H and O–H groups in total. The summed E-state index contributed by atoms with van der Waals surface area (Å²) in [6, 6.07) is 9.80. The fraction of sp³-hybridized carbons (Fsp3) is 0.417.